The Kier molecular flexibility index (Phi) is 3.90. The van der Waals surface area contributed by atoms with Crippen molar-refractivity contribution in [2.45, 2.75) is 39.7 Å². The van der Waals surface area contributed by atoms with Gasteiger partial charge in [-0.25, -0.2) is 0 Å². The molecule has 0 atom stereocenters. The minimum atomic E-state index is -0.317. The standard InChI is InChI=1S/C16H19N3O2/c1-5-12-6-7-13(21-12)15(20)18-14-8-11(9-17)10-19(14)16(2,3)4/h6-8,10H,5H2,1-4H3,(H,18,20). The van der Waals surface area contributed by atoms with Gasteiger partial charge < -0.3 is 14.3 Å². The molecule has 0 radical (unpaired) electrons. The van der Waals surface area contributed by atoms with E-state index in [-0.39, 0.29) is 17.2 Å². The molecule has 5 nitrogen and oxygen atoms in total. The molecule has 0 aliphatic rings. The first-order valence-corrected chi connectivity index (χ1v) is 6.88. The number of anilines is 1. The topological polar surface area (TPSA) is 71.0 Å². The van der Waals surface area contributed by atoms with Crippen molar-refractivity contribution in [3.05, 3.63) is 41.5 Å². The van der Waals surface area contributed by atoms with E-state index in [2.05, 4.69) is 11.4 Å². The highest BCUT2D eigenvalue weighted by molar-refractivity contribution is 6.02. The van der Waals surface area contributed by atoms with Crippen LogP contribution in [0.25, 0.3) is 0 Å². The average molecular weight is 285 g/mol. The molecule has 0 fully saturated rings. The van der Waals surface area contributed by atoms with Crippen LogP contribution in [0.4, 0.5) is 5.82 Å². The van der Waals surface area contributed by atoms with E-state index in [0.717, 1.165) is 12.2 Å². The summed E-state index contributed by atoms with van der Waals surface area (Å²) in [5.41, 5.74) is 0.268. The molecule has 21 heavy (non-hydrogen) atoms. The SMILES string of the molecule is CCc1ccc(C(=O)Nc2cc(C#N)cn2C(C)(C)C)o1. The summed E-state index contributed by atoms with van der Waals surface area (Å²) in [6, 6.07) is 7.20. The van der Waals surface area contributed by atoms with Gasteiger partial charge in [0.25, 0.3) is 5.91 Å². The number of amides is 1. The molecule has 0 aliphatic heterocycles. The number of nitriles is 1. The Morgan fingerprint density at radius 2 is 2.14 bits per heavy atom. The van der Waals surface area contributed by atoms with Crippen molar-refractivity contribution in [1.29, 1.82) is 5.26 Å². The Hall–Kier alpha value is -2.48. The van der Waals surface area contributed by atoms with E-state index in [0.29, 0.717) is 11.4 Å². The second-order valence-corrected chi connectivity index (χ2v) is 5.84. The molecule has 5 heteroatoms. The quantitative estimate of drug-likeness (QED) is 0.937. The summed E-state index contributed by atoms with van der Waals surface area (Å²) in [4.78, 5) is 12.2. The summed E-state index contributed by atoms with van der Waals surface area (Å²) in [5.74, 6) is 1.30. The Morgan fingerprint density at radius 1 is 1.43 bits per heavy atom. The van der Waals surface area contributed by atoms with Crippen LogP contribution in [0.2, 0.25) is 0 Å². The molecular weight excluding hydrogens is 266 g/mol. The number of nitrogens with one attached hydrogen (secondary N) is 1. The van der Waals surface area contributed by atoms with E-state index < -0.39 is 0 Å². The van der Waals surface area contributed by atoms with Gasteiger partial charge in [0, 0.05) is 18.2 Å². The number of nitrogens with zero attached hydrogens (tertiary/aromatic N) is 2. The Bertz CT molecular complexity index is 696. The number of rotatable bonds is 3. The smallest absolute Gasteiger partial charge is 0.292 e. The molecule has 2 aromatic heterocycles. The number of aromatic nitrogens is 1. The molecule has 0 saturated heterocycles. The number of furan rings is 1. The largest absolute Gasteiger partial charge is 0.456 e. The molecular formula is C16H19N3O2. The molecule has 2 aromatic rings. The van der Waals surface area contributed by atoms with Crippen LogP contribution in [0.5, 0.6) is 0 Å². The van der Waals surface area contributed by atoms with Crippen molar-refractivity contribution in [2.75, 3.05) is 5.32 Å². The van der Waals surface area contributed by atoms with Gasteiger partial charge in [0.05, 0.1) is 5.56 Å². The number of aryl methyl sites for hydroxylation is 1. The maximum absolute atomic E-state index is 12.2. The first-order chi connectivity index (χ1) is 9.85. The van der Waals surface area contributed by atoms with E-state index in [1.165, 1.54) is 0 Å². The maximum atomic E-state index is 12.2. The van der Waals surface area contributed by atoms with Crippen LogP contribution >= 0.6 is 0 Å². The maximum Gasteiger partial charge on any atom is 0.292 e. The van der Waals surface area contributed by atoms with Gasteiger partial charge in [-0.15, -0.1) is 0 Å². The van der Waals surface area contributed by atoms with Crippen LogP contribution < -0.4 is 5.32 Å². The zero-order valence-corrected chi connectivity index (χ0v) is 12.7. The number of hydrogen-bond donors (Lipinski definition) is 1. The van der Waals surface area contributed by atoms with Gasteiger partial charge >= 0.3 is 0 Å². The molecule has 0 spiro atoms. The van der Waals surface area contributed by atoms with E-state index in [1.54, 1.807) is 24.4 Å². The zero-order valence-electron chi connectivity index (χ0n) is 12.7. The van der Waals surface area contributed by atoms with Gasteiger partial charge in [-0.3, -0.25) is 4.79 Å². The fourth-order valence-electron chi connectivity index (χ4n) is 2.04. The fourth-order valence-corrected chi connectivity index (χ4v) is 2.04. The van der Waals surface area contributed by atoms with Crippen molar-refractivity contribution in [2.24, 2.45) is 0 Å². The predicted molar refractivity (Wildman–Crippen MR) is 80.2 cm³/mol. The third-order valence-electron chi connectivity index (χ3n) is 3.15. The predicted octanol–water partition coefficient (Wildman–Crippen LogP) is 3.52. The average Bonchev–Trinajstić information content (AvgIpc) is 3.03. The van der Waals surface area contributed by atoms with E-state index >= 15 is 0 Å². The summed E-state index contributed by atoms with van der Waals surface area (Å²) < 4.78 is 7.31. The highest BCUT2D eigenvalue weighted by Gasteiger charge is 2.20. The lowest BCUT2D eigenvalue weighted by Crippen LogP contribution is -2.24. The normalized spacial score (nSPS) is 11.2. The number of carbonyl (C=O) groups excluding carboxylic acids is 1. The summed E-state index contributed by atoms with van der Waals surface area (Å²) in [7, 11) is 0. The second-order valence-electron chi connectivity index (χ2n) is 5.84. The molecule has 0 aliphatic carbocycles. The van der Waals surface area contributed by atoms with Crippen molar-refractivity contribution >= 4 is 11.7 Å². The van der Waals surface area contributed by atoms with E-state index in [9.17, 15) is 4.79 Å². The van der Waals surface area contributed by atoms with E-state index in [4.69, 9.17) is 9.68 Å². The van der Waals surface area contributed by atoms with Gasteiger partial charge in [0.1, 0.15) is 17.6 Å². The number of hydrogen-bond acceptors (Lipinski definition) is 3. The molecule has 2 heterocycles. The molecule has 110 valence electrons. The minimum absolute atomic E-state index is 0.241. The van der Waals surface area contributed by atoms with Crippen LogP contribution in [0, 0.1) is 11.3 Å². The molecule has 0 bridgehead atoms. The molecule has 2 rings (SSSR count). The highest BCUT2D eigenvalue weighted by atomic mass is 16.3. The monoisotopic (exact) mass is 285 g/mol. The molecule has 0 unspecified atom stereocenters. The van der Waals surface area contributed by atoms with E-state index in [1.807, 2.05) is 32.3 Å². The minimum Gasteiger partial charge on any atom is -0.456 e. The lowest BCUT2D eigenvalue weighted by molar-refractivity contribution is 0.0994. The first-order valence-electron chi connectivity index (χ1n) is 6.88. The molecule has 0 aromatic carbocycles. The van der Waals surface area contributed by atoms with Crippen molar-refractivity contribution < 1.29 is 9.21 Å². The summed E-state index contributed by atoms with van der Waals surface area (Å²) in [6.07, 6.45) is 2.47. The highest BCUT2D eigenvalue weighted by Crippen LogP contribution is 2.24. The Morgan fingerprint density at radius 3 is 2.67 bits per heavy atom. The summed E-state index contributed by atoms with van der Waals surface area (Å²) in [6.45, 7) is 7.98. The fraction of sp³-hybridized carbons (Fsp3) is 0.375. The van der Waals surface area contributed by atoms with Crippen LogP contribution in [0.1, 0.15) is 49.6 Å². The Labute approximate surface area is 124 Å². The number of carbonyl (C=O) groups is 1. The lowest BCUT2D eigenvalue weighted by atomic mass is 10.1. The van der Waals surface area contributed by atoms with Crippen molar-refractivity contribution in [3.63, 3.8) is 0 Å². The van der Waals surface area contributed by atoms with Gasteiger partial charge in [0.2, 0.25) is 0 Å². The third-order valence-corrected chi connectivity index (χ3v) is 3.15. The lowest BCUT2D eigenvalue weighted by Gasteiger charge is -2.24. The van der Waals surface area contributed by atoms with Crippen molar-refractivity contribution in [1.82, 2.24) is 4.57 Å². The summed E-state index contributed by atoms with van der Waals surface area (Å²) >= 11 is 0. The third kappa shape index (κ3) is 3.16. The van der Waals surface area contributed by atoms with Crippen LogP contribution in [-0.4, -0.2) is 10.5 Å². The van der Waals surface area contributed by atoms with Crippen LogP contribution in [0.3, 0.4) is 0 Å². The van der Waals surface area contributed by atoms with Crippen molar-refractivity contribution in [3.8, 4) is 6.07 Å². The molecule has 1 amide bonds. The first kappa shape index (κ1) is 14.9. The van der Waals surface area contributed by atoms with Gasteiger partial charge in [-0.05, 0) is 39.0 Å². The second kappa shape index (κ2) is 5.49. The zero-order chi connectivity index (χ0) is 15.6. The molecule has 1 N–H and O–H groups in total. The Balaban J connectivity index is 2.29. The van der Waals surface area contributed by atoms with Crippen LogP contribution in [-0.2, 0) is 12.0 Å². The van der Waals surface area contributed by atoms with Gasteiger partial charge in [0.15, 0.2) is 5.76 Å². The molecule has 0 saturated carbocycles. The van der Waals surface area contributed by atoms with Crippen LogP contribution in [0.15, 0.2) is 28.8 Å². The van der Waals surface area contributed by atoms with Gasteiger partial charge in [-0.1, -0.05) is 6.92 Å². The van der Waals surface area contributed by atoms with Gasteiger partial charge in [-0.2, -0.15) is 5.26 Å². The summed E-state index contributed by atoms with van der Waals surface area (Å²) in [5, 5.41) is 11.8.